The van der Waals surface area contributed by atoms with Gasteiger partial charge in [0, 0.05) is 57.4 Å². The second-order valence-electron chi connectivity index (χ2n) is 9.97. The predicted molar refractivity (Wildman–Crippen MR) is 132 cm³/mol. The molecule has 1 saturated carbocycles. The molecule has 0 spiro atoms. The van der Waals surface area contributed by atoms with E-state index in [4.69, 9.17) is 21.1 Å². The van der Waals surface area contributed by atoms with Gasteiger partial charge in [0.25, 0.3) is 0 Å². The van der Waals surface area contributed by atoms with Crippen molar-refractivity contribution in [1.29, 1.82) is 0 Å². The molecule has 1 aromatic heterocycles. The van der Waals surface area contributed by atoms with E-state index in [1.165, 1.54) is 0 Å². The van der Waals surface area contributed by atoms with Crippen molar-refractivity contribution in [3.8, 4) is 0 Å². The normalized spacial score (nSPS) is 29.9. The number of pyridine rings is 1. The summed E-state index contributed by atoms with van der Waals surface area (Å²) in [6.45, 7) is 6.92. The van der Waals surface area contributed by atoms with Crippen molar-refractivity contribution in [3.63, 3.8) is 0 Å². The van der Waals surface area contributed by atoms with Gasteiger partial charge in [0.1, 0.15) is 5.82 Å². The molecule has 2 aliphatic heterocycles. The summed E-state index contributed by atoms with van der Waals surface area (Å²) in [6, 6.07) is 5.94. The molecule has 1 amide bonds. The van der Waals surface area contributed by atoms with Gasteiger partial charge in [-0.25, -0.2) is 4.98 Å². The Labute approximate surface area is 205 Å². The second-order valence-corrected chi connectivity index (χ2v) is 10.4. The van der Waals surface area contributed by atoms with Crippen LogP contribution < -0.4 is 10.2 Å². The Morgan fingerprint density at radius 1 is 1.26 bits per heavy atom. The second kappa shape index (κ2) is 9.59. The number of aliphatic hydroxyl groups excluding tert-OH is 1. The number of halogens is 1. The molecule has 0 radical (unpaired) electrons. The van der Waals surface area contributed by atoms with Crippen molar-refractivity contribution < 1.29 is 19.4 Å². The van der Waals surface area contributed by atoms with Gasteiger partial charge in [-0.3, -0.25) is 9.69 Å². The highest BCUT2D eigenvalue weighted by Crippen LogP contribution is 2.36. The lowest BCUT2D eigenvalue weighted by Crippen LogP contribution is -2.60. The third-order valence-corrected chi connectivity index (χ3v) is 8.21. The summed E-state index contributed by atoms with van der Waals surface area (Å²) in [5.41, 5.74) is 0.644. The third kappa shape index (κ3) is 4.38. The molecule has 2 aromatic rings. The summed E-state index contributed by atoms with van der Waals surface area (Å²) in [5.74, 6) is 0.840. The Hall–Kier alpha value is -1.97. The Bertz CT molecular complexity index is 1060. The van der Waals surface area contributed by atoms with Gasteiger partial charge >= 0.3 is 0 Å². The Kier molecular flexibility index (Phi) is 6.70. The van der Waals surface area contributed by atoms with Crippen molar-refractivity contribution in [1.82, 2.24) is 9.88 Å². The standard InChI is InChI=1S/C25H33ClN4O4/c1-25(15-34-14-22(25)31)30-7-5-29(6-8-30)21-10-17-11-23(27-12-18(17)9-20(21)26)28-24(32)19-4-3-16(19)13-33-2/h9-12,16,19,22,31H,3-8,13-15H2,1-2H3,(H,27,28,32)/t16?,19?,22-,25+/m1/s1. The maximum atomic E-state index is 12.7. The number of aromatic nitrogens is 1. The number of anilines is 2. The first-order valence-corrected chi connectivity index (χ1v) is 12.4. The zero-order chi connectivity index (χ0) is 23.9. The fourth-order valence-corrected chi connectivity index (χ4v) is 5.72. The van der Waals surface area contributed by atoms with Crippen LogP contribution in [-0.2, 0) is 14.3 Å². The van der Waals surface area contributed by atoms with Gasteiger partial charge in [-0.1, -0.05) is 11.6 Å². The number of rotatable bonds is 6. The fourth-order valence-electron chi connectivity index (χ4n) is 5.42. The average molecular weight is 489 g/mol. The summed E-state index contributed by atoms with van der Waals surface area (Å²) in [6.07, 6.45) is 3.21. The molecule has 3 aliphatic rings. The van der Waals surface area contributed by atoms with Crippen LogP contribution >= 0.6 is 11.6 Å². The molecule has 1 aromatic carbocycles. The molecule has 5 rings (SSSR count). The quantitative estimate of drug-likeness (QED) is 0.646. The van der Waals surface area contributed by atoms with E-state index in [1.54, 1.807) is 13.3 Å². The van der Waals surface area contributed by atoms with E-state index in [-0.39, 0.29) is 23.3 Å². The first-order valence-electron chi connectivity index (χ1n) is 12.0. The number of fused-ring (bicyclic) bond motifs is 1. The summed E-state index contributed by atoms with van der Waals surface area (Å²) in [4.78, 5) is 21.7. The molecule has 1 aliphatic carbocycles. The minimum absolute atomic E-state index is 0.0111. The van der Waals surface area contributed by atoms with Crippen LogP contribution in [0, 0.1) is 11.8 Å². The number of carbonyl (C=O) groups is 1. The molecule has 34 heavy (non-hydrogen) atoms. The van der Waals surface area contributed by atoms with Crippen LogP contribution in [0.25, 0.3) is 10.8 Å². The van der Waals surface area contributed by atoms with Crippen LogP contribution in [0.3, 0.4) is 0 Å². The maximum Gasteiger partial charge on any atom is 0.229 e. The number of piperazine rings is 1. The monoisotopic (exact) mass is 488 g/mol. The number of carbonyl (C=O) groups excluding carboxylic acids is 1. The Morgan fingerprint density at radius 2 is 2.06 bits per heavy atom. The smallest absolute Gasteiger partial charge is 0.229 e. The highest BCUT2D eigenvalue weighted by Gasteiger charge is 2.44. The van der Waals surface area contributed by atoms with Crippen LogP contribution in [0.15, 0.2) is 24.4 Å². The van der Waals surface area contributed by atoms with Crippen LogP contribution in [0.4, 0.5) is 11.5 Å². The highest BCUT2D eigenvalue weighted by molar-refractivity contribution is 6.34. The summed E-state index contributed by atoms with van der Waals surface area (Å²) < 4.78 is 10.7. The van der Waals surface area contributed by atoms with Crippen molar-refractivity contribution >= 4 is 39.8 Å². The summed E-state index contributed by atoms with van der Waals surface area (Å²) in [5, 5.41) is 16.0. The van der Waals surface area contributed by atoms with Crippen LogP contribution in [0.1, 0.15) is 19.8 Å². The molecule has 184 valence electrons. The Morgan fingerprint density at radius 3 is 2.71 bits per heavy atom. The molecule has 9 heteroatoms. The number of benzene rings is 1. The largest absolute Gasteiger partial charge is 0.389 e. The molecule has 3 fully saturated rings. The van der Waals surface area contributed by atoms with E-state index < -0.39 is 6.10 Å². The third-order valence-electron chi connectivity index (χ3n) is 7.90. The molecule has 8 nitrogen and oxygen atoms in total. The molecule has 2 N–H and O–H groups in total. The SMILES string of the molecule is COCC1CCC1C(=O)Nc1cc2cc(N3CCN([C@@]4(C)COC[C@H]4O)CC3)c(Cl)cc2cn1. The summed E-state index contributed by atoms with van der Waals surface area (Å²) in [7, 11) is 1.67. The molecule has 0 bridgehead atoms. The zero-order valence-corrected chi connectivity index (χ0v) is 20.6. The van der Waals surface area contributed by atoms with Gasteiger partial charge in [0.2, 0.25) is 5.91 Å². The highest BCUT2D eigenvalue weighted by atomic mass is 35.5. The summed E-state index contributed by atoms with van der Waals surface area (Å²) >= 11 is 6.66. The number of hydrogen-bond acceptors (Lipinski definition) is 7. The lowest BCUT2D eigenvalue weighted by Gasteiger charge is -2.45. The van der Waals surface area contributed by atoms with Crippen molar-refractivity contribution in [2.75, 3.05) is 63.3 Å². The van der Waals surface area contributed by atoms with Gasteiger partial charge < -0.3 is 24.8 Å². The number of amides is 1. The minimum atomic E-state index is -0.464. The van der Waals surface area contributed by atoms with Gasteiger partial charge in [-0.2, -0.15) is 0 Å². The Balaban J connectivity index is 1.29. The fraction of sp³-hybridized carbons (Fsp3) is 0.600. The molecule has 4 atom stereocenters. The molecular weight excluding hydrogens is 456 g/mol. The first-order chi connectivity index (χ1) is 16.4. The lowest BCUT2D eigenvalue weighted by molar-refractivity contribution is -0.126. The van der Waals surface area contributed by atoms with E-state index in [0.29, 0.717) is 30.7 Å². The van der Waals surface area contributed by atoms with E-state index >= 15 is 0 Å². The zero-order valence-electron chi connectivity index (χ0n) is 19.8. The molecule has 3 heterocycles. The van der Waals surface area contributed by atoms with Crippen molar-refractivity contribution in [2.45, 2.75) is 31.4 Å². The predicted octanol–water partition coefficient (Wildman–Crippen LogP) is 2.77. The van der Waals surface area contributed by atoms with Gasteiger partial charge in [-0.15, -0.1) is 0 Å². The maximum absolute atomic E-state index is 12.7. The van der Waals surface area contributed by atoms with Gasteiger partial charge in [0.05, 0.1) is 35.6 Å². The average Bonchev–Trinajstić information content (AvgIpc) is 3.15. The number of aliphatic hydroxyl groups is 1. The van der Waals surface area contributed by atoms with Crippen LogP contribution in [-0.4, -0.2) is 85.6 Å². The first kappa shape index (κ1) is 23.8. The van der Waals surface area contributed by atoms with Crippen molar-refractivity contribution in [2.24, 2.45) is 11.8 Å². The van der Waals surface area contributed by atoms with Gasteiger partial charge in [0.15, 0.2) is 0 Å². The minimum Gasteiger partial charge on any atom is -0.389 e. The van der Waals surface area contributed by atoms with E-state index in [0.717, 1.165) is 55.5 Å². The van der Waals surface area contributed by atoms with E-state index in [2.05, 4.69) is 33.1 Å². The number of nitrogens with one attached hydrogen (secondary N) is 1. The van der Waals surface area contributed by atoms with Crippen molar-refractivity contribution in [3.05, 3.63) is 29.4 Å². The number of hydrogen-bond donors (Lipinski definition) is 2. The topological polar surface area (TPSA) is 87.2 Å². The lowest BCUT2D eigenvalue weighted by atomic mass is 9.73. The van der Waals surface area contributed by atoms with Gasteiger partial charge in [-0.05, 0) is 49.3 Å². The number of ether oxygens (including phenoxy) is 2. The molecular formula is C25H33ClN4O4. The van der Waals surface area contributed by atoms with E-state index in [1.807, 2.05) is 12.1 Å². The molecule has 2 saturated heterocycles. The van der Waals surface area contributed by atoms with Crippen LogP contribution in [0.5, 0.6) is 0 Å². The number of methoxy groups -OCH3 is 1. The van der Waals surface area contributed by atoms with E-state index in [9.17, 15) is 9.90 Å². The van der Waals surface area contributed by atoms with Crippen LogP contribution in [0.2, 0.25) is 5.02 Å². The number of nitrogens with zero attached hydrogens (tertiary/aromatic N) is 3. The molecule has 2 unspecified atom stereocenters.